The van der Waals surface area contributed by atoms with Crippen molar-refractivity contribution in [1.29, 1.82) is 0 Å². The molecule has 25 heavy (non-hydrogen) atoms. The lowest BCUT2D eigenvalue weighted by Gasteiger charge is -2.55. The van der Waals surface area contributed by atoms with E-state index in [-0.39, 0.29) is 5.60 Å². The summed E-state index contributed by atoms with van der Waals surface area (Å²) in [6.07, 6.45) is 9.06. The van der Waals surface area contributed by atoms with Gasteiger partial charge in [0, 0.05) is 18.4 Å². The fraction of sp³-hybridized carbons (Fsp3) is 0.500. The highest BCUT2D eigenvalue weighted by Gasteiger charge is 2.53. The van der Waals surface area contributed by atoms with E-state index < -0.39 is 0 Å². The lowest BCUT2D eigenvalue weighted by molar-refractivity contribution is -0.166. The van der Waals surface area contributed by atoms with Crippen LogP contribution in [0.3, 0.4) is 0 Å². The fourth-order valence-electron chi connectivity index (χ4n) is 6.10. The Balaban J connectivity index is 1.67. The molecule has 1 saturated heterocycles. The van der Waals surface area contributed by atoms with Gasteiger partial charge in [-0.2, -0.15) is 0 Å². The zero-order valence-electron chi connectivity index (χ0n) is 15.0. The molecular weight excluding hydrogens is 304 g/mol. The monoisotopic (exact) mass is 332 g/mol. The smallest absolute Gasteiger partial charge is 0.0722 e. The second-order valence-electron chi connectivity index (χ2n) is 8.34. The van der Waals surface area contributed by atoms with Gasteiger partial charge in [-0.25, -0.2) is 0 Å². The molecule has 1 heteroatoms. The summed E-state index contributed by atoms with van der Waals surface area (Å²) in [6.45, 7) is 0.963. The third-order valence-electron chi connectivity index (χ3n) is 7.08. The molecule has 2 aromatic rings. The van der Waals surface area contributed by atoms with Crippen LogP contribution in [-0.4, -0.2) is 12.2 Å². The third kappa shape index (κ3) is 2.56. The maximum absolute atomic E-state index is 6.64. The Labute approximate surface area is 151 Å². The molecule has 0 aromatic heterocycles. The van der Waals surface area contributed by atoms with Crippen LogP contribution in [0.25, 0.3) is 0 Å². The fourth-order valence-corrected chi connectivity index (χ4v) is 6.10. The molecule has 1 heterocycles. The van der Waals surface area contributed by atoms with E-state index in [9.17, 15) is 0 Å². The lowest BCUT2D eigenvalue weighted by atomic mass is 9.56. The average Bonchev–Trinajstić information content (AvgIpc) is 2.68. The SMILES string of the molecule is c1ccc([C@@H]2c3ccccc3C[C@@H]3CCOC4(CCCCC4)[C@H]32)cc1. The Bertz CT molecular complexity index is 723. The second-order valence-corrected chi connectivity index (χ2v) is 8.34. The molecule has 2 aliphatic carbocycles. The summed E-state index contributed by atoms with van der Waals surface area (Å²) in [5, 5.41) is 0. The zero-order chi connectivity index (χ0) is 16.7. The van der Waals surface area contributed by atoms with E-state index in [4.69, 9.17) is 4.74 Å². The Hall–Kier alpha value is -1.60. The summed E-state index contributed by atoms with van der Waals surface area (Å²) in [5.74, 6) is 1.90. The van der Waals surface area contributed by atoms with Crippen molar-refractivity contribution in [1.82, 2.24) is 0 Å². The molecule has 1 saturated carbocycles. The molecule has 5 rings (SSSR count). The van der Waals surface area contributed by atoms with Crippen LogP contribution < -0.4 is 0 Å². The molecule has 3 aliphatic rings. The molecule has 2 fully saturated rings. The van der Waals surface area contributed by atoms with Crippen molar-refractivity contribution in [2.45, 2.75) is 56.5 Å². The first-order valence-electron chi connectivity index (χ1n) is 10.1. The molecule has 3 atom stereocenters. The van der Waals surface area contributed by atoms with E-state index in [0.717, 1.165) is 12.5 Å². The van der Waals surface area contributed by atoms with Gasteiger partial charge in [-0.05, 0) is 48.3 Å². The Morgan fingerprint density at radius 1 is 0.840 bits per heavy atom. The summed E-state index contributed by atoms with van der Waals surface area (Å²) >= 11 is 0. The van der Waals surface area contributed by atoms with Crippen LogP contribution in [-0.2, 0) is 11.2 Å². The molecule has 1 spiro atoms. The van der Waals surface area contributed by atoms with Gasteiger partial charge in [0.1, 0.15) is 0 Å². The maximum atomic E-state index is 6.64. The summed E-state index contributed by atoms with van der Waals surface area (Å²) in [6, 6.07) is 20.4. The number of hydrogen-bond acceptors (Lipinski definition) is 1. The van der Waals surface area contributed by atoms with Gasteiger partial charge in [-0.1, -0.05) is 73.9 Å². The number of hydrogen-bond donors (Lipinski definition) is 0. The number of ether oxygens (including phenoxy) is 1. The van der Waals surface area contributed by atoms with E-state index in [1.165, 1.54) is 50.5 Å². The van der Waals surface area contributed by atoms with Crippen LogP contribution in [0.15, 0.2) is 54.6 Å². The van der Waals surface area contributed by atoms with Crippen LogP contribution in [0.5, 0.6) is 0 Å². The summed E-state index contributed by atoms with van der Waals surface area (Å²) in [4.78, 5) is 0. The molecule has 0 amide bonds. The van der Waals surface area contributed by atoms with Crippen LogP contribution in [0.4, 0.5) is 0 Å². The molecular formula is C24H28O. The van der Waals surface area contributed by atoms with Crippen molar-refractivity contribution >= 4 is 0 Å². The molecule has 1 nitrogen and oxygen atoms in total. The maximum Gasteiger partial charge on any atom is 0.0722 e. The quantitative estimate of drug-likeness (QED) is 0.648. The molecule has 130 valence electrons. The van der Waals surface area contributed by atoms with Gasteiger partial charge in [0.05, 0.1) is 5.60 Å². The standard InChI is InChI=1S/C24H28O/c1-3-9-18(10-4-1)22-21-12-6-5-11-19(21)17-20-13-16-25-24(23(20)22)14-7-2-8-15-24/h1,3-6,9-12,20,22-23H,2,7-8,13-17H2/t20-,22+,23+/m0/s1. The molecule has 0 bridgehead atoms. The van der Waals surface area contributed by atoms with Crippen molar-refractivity contribution < 1.29 is 4.74 Å². The van der Waals surface area contributed by atoms with Crippen molar-refractivity contribution in [3.05, 3.63) is 71.3 Å². The van der Waals surface area contributed by atoms with E-state index >= 15 is 0 Å². The van der Waals surface area contributed by atoms with Crippen molar-refractivity contribution in [3.8, 4) is 0 Å². The molecule has 0 N–H and O–H groups in total. The second kappa shape index (κ2) is 6.29. The van der Waals surface area contributed by atoms with Crippen molar-refractivity contribution in [2.75, 3.05) is 6.61 Å². The zero-order valence-corrected chi connectivity index (χ0v) is 15.0. The first-order chi connectivity index (χ1) is 12.4. The summed E-state index contributed by atoms with van der Waals surface area (Å²) in [5.41, 5.74) is 4.74. The van der Waals surface area contributed by atoms with Crippen molar-refractivity contribution in [3.63, 3.8) is 0 Å². The van der Waals surface area contributed by atoms with E-state index in [1.54, 1.807) is 11.1 Å². The van der Waals surface area contributed by atoms with Crippen LogP contribution in [0.1, 0.15) is 61.1 Å². The number of benzene rings is 2. The largest absolute Gasteiger partial charge is 0.375 e. The van der Waals surface area contributed by atoms with Gasteiger partial charge in [0.15, 0.2) is 0 Å². The lowest BCUT2D eigenvalue weighted by Crippen LogP contribution is -2.54. The minimum Gasteiger partial charge on any atom is -0.375 e. The first-order valence-corrected chi connectivity index (χ1v) is 10.1. The Kier molecular flexibility index (Phi) is 3.93. The van der Waals surface area contributed by atoms with Gasteiger partial charge < -0.3 is 4.74 Å². The van der Waals surface area contributed by atoms with Gasteiger partial charge in [0.25, 0.3) is 0 Å². The highest BCUT2D eigenvalue weighted by atomic mass is 16.5. The highest BCUT2D eigenvalue weighted by Crippen LogP contribution is 2.56. The van der Waals surface area contributed by atoms with Gasteiger partial charge >= 0.3 is 0 Å². The third-order valence-corrected chi connectivity index (χ3v) is 7.08. The van der Waals surface area contributed by atoms with E-state index in [0.29, 0.717) is 11.8 Å². The average molecular weight is 332 g/mol. The molecule has 0 radical (unpaired) electrons. The predicted molar refractivity (Wildman–Crippen MR) is 102 cm³/mol. The Morgan fingerprint density at radius 2 is 1.60 bits per heavy atom. The minimum absolute atomic E-state index is 0.120. The highest BCUT2D eigenvalue weighted by molar-refractivity contribution is 5.42. The first kappa shape index (κ1) is 15.6. The Morgan fingerprint density at radius 3 is 2.44 bits per heavy atom. The van der Waals surface area contributed by atoms with Gasteiger partial charge in [-0.15, -0.1) is 0 Å². The summed E-state index contributed by atoms with van der Waals surface area (Å²) in [7, 11) is 0. The normalized spacial score (nSPS) is 30.5. The van der Waals surface area contributed by atoms with Crippen molar-refractivity contribution in [2.24, 2.45) is 11.8 Å². The molecule has 0 unspecified atom stereocenters. The van der Waals surface area contributed by atoms with Crippen LogP contribution >= 0.6 is 0 Å². The minimum atomic E-state index is 0.120. The van der Waals surface area contributed by atoms with E-state index in [2.05, 4.69) is 54.6 Å². The number of fused-ring (bicyclic) bond motifs is 3. The number of rotatable bonds is 1. The van der Waals surface area contributed by atoms with Crippen LogP contribution in [0.2, 0.25) is 0 Å². The van der Waals surface area contributed by atoms with Gasteiger partial charge in [0.2, 0.25) is 0 Å². The van der Waals surface area contributed by atoms with Gasteiger partial charge in [-0.3, -0.25) is 0 Å². The molecule has 2 aromatic carbocycles. The van der Waals surface area contributed by atoms with E-state index in [1.807, 2.05) is 0 Å². The molecule has 1 aliphatic heterocycles. The topological polar surface area (TPSA) is 9.23 Å². The van der Waals surface area contributed by atoms with Crippen LogP contribution in [0, 0.1) is 11.8 Å². The predicted octanol–water partition coefficient (Wildman–Crippen LogP) is 5.73. The summed E-state index contributed by atoms with van der Waals surface area (Å²) < 4.78 is 6.64.